The number of ketones is 1. The van der Waals surface area contributed by atoms with Crippen LogP contribution in [-0.2, 0) is 73.6 Å². The molecule has 0 saturated carbocycles. The molecule has 0 aromatic heterocycles. The number of benzene rings is 2. The first-order valence-corrected chi connectivity index (χ1v) is 31.6. The van der Waals surface area contributed by atoms with E-state index in [4.69, 9.17) is 7.88 Å². The summed E-state index contributed by atoms with van der Waals surface area (Å²) >= 11 is -4.10. The van der Waals surface area contributed by atoms with E-state index in [1.807, 2.05) is 20.3 Å². The van der Waals surface area contributed by atoms with E-state index in [2.05, 4.69) is 20.8 Å². The first kappa shape index (κ1) is 72.9. The molecule has 3 unspecified atom stereocenters. The first-order chi connectivity index (χ1) is 35.1. The Labute approximate surface area is 458 Å². The van der Waals surface area contributed by atoms with Crippen molar-refractivity contribution < 1.29 is 64.1 Å². The molecule has 0 saturated heterocycles. The Hall–Kier alpha value is -2.21. The Morgan fingerprint density at radius 2 is 0.795 bits per heavy atom. The predicted octanol–water partition coefficient (Wildman–Crippen LogP) is 14.0. The minimum absolute atomic E-state index is 0.133. The second-order valence-corrected chi connectivity index (χ2v) is 22.1. The van der Waals surface area contributed by atoms with Crippen molar-refractivity contribution in [3.63, 3.8) is 0 Å². The summed E-state index contributed by atoms with van der Waals surface area (Å²) in [6.07, 6.45) is 43.1. The maximum atomic E-state index is 11.8. The molecule has 3 rings (SSSR count). The molecule has 3 atom stereocenters. The monoisotopic (exact) mass is 1110 g/mol. The van der Waals surface area contributed by atoms with Gasteiger partial charge in [0.25, 0.3) is 10.1 Å². The number of carbonyl (C=O) groups is 1. The van der Waals surface area contributed by atoms with Crippen molar-refractivity contribution in [3.8, 4) is 0 Å². The molecule has 0 spiro atoms. The summed E-state index contributed by atoms with van der Waals surface area (Å²) in [5.74, 6) is -0.943. The van der Waals surface area contributed by atoms with Gasteiger partial charge in [-0.2, -0.15) is 57.7 Å². The molecule has 2 aromatic carbocycles. The summed E-state index contributed by atoms with van der Waals surface area (Å²) in [6, 6.07) is 9.24. The number of aliphatic hydroxyl groups is 1. The zero-order valence-corrected chi connectivity index (χ0v) is 49.3. The summed E-state index contributed by atoms with van der Waals surface area (Å²) in [6.45, 7) is 10.7. The maximum absolute atomic E-state index is 11.8. The van der Waals surface area contributed by atoms with Gasteiger partial charge in [-0.3, -0.25) is 17.8 Å². The van der Waals surface area contributed by atoms with Crippen molar-refractivity contribution in [2.45, 2.75) is 262 Å². The molecule has 1 aliphatic rings. The molecule has 0 radical (unpaired) electrons. The second kappa shape index (κ2) is 49.4. The Bertz CT molecular complexity index is 1950. The molecule has 0 aliphatic heterocycles. The van der Waals surface area contributed by atoms with Gasteiger partial charge in [-0.05, 0) is 34.3 Å². The SMILES string of the molecule is CCCCCCCCCCCCC1=CC=C(S(=O)(=O)O)C(=O)C1O.CCCCCCCCCCCCc1ccc(S(=O)[O-])c(=O)[cH-]1.CCCCCCCCCCCCc1ccc(S(=O)[O-])c(=O)[cH-]1.C[CH-]C.[O]=[Ti]. The number of aliphatic hydroxyl groups excluding tert-OH is 1. The molecule has 0 bridgehead atoms. The Balaban J connectivity index is 0. The van der Waals surface area contributed by atoms with Gasteiger partial charge in [0.05, 0.1) is 10.9 Å². The molecule has 420 valence electrons. The third-order valence-electron chi connectivity index (χ3n) is 12.4. The fourth-order valence-corrected chi connectivity index (χ4v) is 9.64. The average Bonchev–Trinajstić information content (AvgIpc) is 3.35. The quantitative estimate of drug-likeness (QED) is 0.0214. The van der Waals surface area contributed by atoms with Crippen molar-refractivity contribution >= 4 is 38.1 Å². The summed E-state index contributed by atoms with van der Waals surface area (Å²) in [7, 11) is -4.57. The van der Waals surface area contributed by atoms with Crippen molar-refractivity contribution in [1.29, 1.82) is 0 Å². The molecule has 1 aliphatic carbocycles. The molecule has 0 amide bonds. The molecule has 12 nitrogen and oxygen atoms in total. The van der Waals surface area contributed by atoms with E-state index in [9.17, 15) is 45.4 Å². The third kappa shape index (κ3) is 38.9. The van der Waals surface area contributed by atoms with Gasteiger partial charge < -0.3 is 30.2 Å². The molecule has 2 N–H and O–H groups in total. The van der Waals surface area contributed by atoms with Gasteiger partial charge in [-0.25, -0.2) is 0 Å². The molecule has 16 heteroatoms. The van der Waals surface area contributed by atoms with Crippen LogP contribution in [0, 0.1) is 6.42 Å². The number of rotatable bonds is 36. The summed E-state index contributed by atoms with van der Waals surface area (Å²) in [4.78, 5) is 33.9. The Kier molecular flexibility index (Phi) is 49.3. The van der Waals surface area contributed by atoms with Crippen LogP contribution in [0.25, 0.3) is 0 Å². The number of hydrogen-bond acceptors (Lipinski definition) is 11. The second-order valence-electron chi connectivity index (χ2n) is 18.9. The molecule has 0 heterocycles. The van der Waals surface area contributed by atoms with Gasteiger partial charge in [0.15, 0.2) is 0 Å². The van der Waals surface area contributed by atoms with Crippen molar-refractivity contribution in [2.24, 2.45) is 0 Å². The van der Waals surface area contributed by atoms with Crippen LogP contribution in [0.4, 0.5) is 0 Å². The Morgan fingerprint density at radius 3 is 1.05 bits per heavy atom. The van der Waals surface area contributed by atoms with Crippen LogP contribution in [0.1, 0.15) is 245 Å². The van der Waals surface area contributed by atoms with E-state index in [-0.39, 0.29) is 9.79 Å². The van der Waals surface area contributed by atoms with Crippen LogP contribution >= 0.6 is 0 Å². The number of hydrogen-bond donors (Lipinski definition) is 2. The summed E-state index contributed by atoms with van der Waals surface area (Å²) < 4.78 is 82.3. The molecule has 2 aromatic rings. The standard InChI is InChI=1S/C18H30O5S.2C18H29O3S.C3H7.O.Ti/c1-2-3-4-5-6-7-8-9-10-11-12-15-13-14-16(24(21,22)23)18(20)17(15)19;2*1-2-3-4-5-6-7-8-9-10-11-12-16-13-14-18(22(20)21)17(19)15-16;1-3-2;;/h13-14,17,19H,2-12H2,1H3,(H,21,22,23);2*13-15H,2-12H2,1H3,(H,20,21);3H,1-2H3;;/q;3*-1;;/p-2. The zero-order valence-electron chi connectivity index (χ0n) is 45.3. The Morgan fingerprint density at radius 1 is 0.521 bits per heavy atom. The van der Waals surface area contributed by atoms with E-state index in [1.165, 1.54) is 191 Å². The zero-order chi connectivity index (χ0) is 55.1. The topological polar surface area (TPSA) is 223 Å². The fourth-order valence-electron chi connectivity index (χ4n) is 8.23. The van der Waals surface area contributed by atoms with Gasteiger partial charge in [-0.1, -0.05) is 248 Å². The third-order valence-corrected chi connectivity index (χ3v) is 14.7. The van der Waals surface area contributed by atoms with E-state index < -0.39 is 59.9 Å². The number of aryl methyl sites for hydroxylation is 2. The van der Waals surface area contributed by atoms with E-state index in [1.54, 1.807) is 12.1 Å². The van der Waals surface area contributed by atoms with E-state index in [0.717, 1.165) is 82.6 Å². The van der Waals surface area contributed by atoms with E-state index >= 15 is 0 Å². The molecular weight excluding hydrogens is 1020 g/mol. The average molecular weight is 1110 g/mol. The molecule has 0 fully saturated rings. The van der Waals surface area contributed by atoms with Gasteiger partial charge in [0.1, 0.15) is 11.0 Å². The van der Waals surface area contributed by atoms with Gasteiger partial charge >= 0.3 is 23.7 Å². The summed E-state index contributed by atoms with van der Waals surface area (Å²) in [5, 5.41) is 9.88. The van der Waals surface area contributed by atoms with Gasteiger partial charge in [-0.15, -0.1) is 12.1 Å². The van der Waals surface area contributed by atoms with Crippen molar-refractivity contribution in [2.75, 3.05) is 0 Å². The fraction of sp³-hybridized carbons (Fsp3) is 0.684. The predicted molar refractivity (Wildman–Crippen MR) is 294 cm³/mol. The number of allylic oxidation sites excluding steroid dienone is 2. The van der Waals surface area contributed by atoms with Crippen LogP contribution in [0.15, 0.2) is 78.4 Å². The van der Waals surface area contributed by atoms with Crippen LogP contribution in [0.5, 0.6) is 0 Å². The van der Waals surface area contributed by atoms with E-state index in [0.29, 0.717) is 12.0 Å². The van der Waals surface area contributed by atoms with Gasteiger partial charge in [0, 0.05) is 0 Å². The summed E-state index contributed by atoms with van der Waals surface area (Å²) in [5.41, 5.74) is 1.63. The van der Waals surface area contributed by atoms with Crippen LogP contribution in [0.3, 0.4) is 0 Å². The normalized spacial score (nSPS) is 13.9. The minimum atomic E-state index is -4.57. The van der Waals surface area contributed by atoms with Gasteiger partial charge in [0.2, 0.25) is 5.78 Å². The van der Waals surface area contributed by atoms with Crippen molar-refractivity contribution in [1.82, 2.24) is 0 Å². The van der Waals surface area contributed by atoms with Crippen molar-refractivity contribution in [3.05, 3.63) is 97.0 Å². The molecular formula is C57H93O12S3Ti-5. The first-order valence-electron chi connectivity index (χ1n) is 27.4. The number of unbranched alkanes of at least 4 members (excludes halogenated alkanes) is 27. The molecule has 73 heavy (non-hydrogen) atoms. The van der Waals surface area contributed by atoms with Crippen LogP contribution in [0.2, 0.25) is 0 Å². The van der Waals surface area contributed by atoms with Crippen LogP contribution in [-0.4, -0.2) is 47.5 Å². The number of Topliss-reactive ketones (excluding diaryl/α,β-unsaturated/α-hetero) is 1. The van der Waals surface area contributed by atoms with Crippen LogP contribution < -0.4 is 10.9 Å². The number of carbonyl (C=O) groups excluding carboxylic acids is 1.